The summed E-state index contributed by atoms with van der Waals surface area (Å²) < 4.78 is 29.1. The van der Waals surface area contributed by atoms with Gasteiger partial charge in [-0.05, 0) is 42.9 Å². The molecular formula is C25H32O6P. The van der Waals surface area contributed by atoms with Crippen molar-refractivity contribution in [3.63, 3.8) is 0 Å². The highest BCUT2D eigenvalue weighted by atomic mass is 31.1. The predicted octanol–water partition coefficient (Wildman–Crippen LogP) is 5.87. The van der Waals surface area contributed by atoms with Crippen LogP contribution >= 0.6 is 7.80 Å². The maximum atomic E-state index is 13.3. The number of carbonyl (C=O) groups is 2. The number of methoxy groups -OCH3 is 3. The lowest BCUT2D eigenvalue weighted by Crippen LogP contribution is -2.20. The minimum Gasteiger partial charge on any atom is -0.496 e. The van der Waals surface area contributed by atoms with Gasteiger partial charge in [-0.3, -0.25) is 14.2 Å². The number of aryl methyl sites for hydroxylation is 2. The van der Waals surface area contributed by atoms with Gasteiger partial charge in [-0.2, -0.15) is 0 Å². The van der Waals surface area contributed by atoms with E-state index in [4.69, 9.17) is 14.2 Å². The monoisotopic (exact) mass is 459 g/mol. The summed E-state index contributed by atoms with van der Waals surface area (Å²) in [6.45, 7) is 11.6. The van der Waals surface area contributed by atoms with Crippen molar-refractivity contribution >= 4 is 19.1 Å². The number of carbonyl (C=O) groups excluding carboxylic acids is 2. The molecular weight excluding hydrogens is 427 g/mol. The summed E-state index contributed by atoms with van der Waals surface area (Å²) in [5, 5.41) is 0. The van der Waals surface area contributed by atoms with Crippen molar-refractivity contribution in [2.24, 2.45) is 0 Å². The number of Topliss-reactive ketones (excluding diaryl/α,β-unsaturated/α-hetero) is 1. The second-order valence-electron chi connectivity index (χ2n) is 8.81. The van der Waals surface area contributed by atoms with Crippen LogP contribution in [0.2, 0.25) is 0 Å². The smallest absolute Gasteiger partial charge is 0.250 e. The highest BCUT2D eigenvalue weighted by molar-refractivity contribution is 7.66. The molecule has 0 aromatic heterocycles. The van der Waals surface area contributed by atoms with Gasteiger partial charge in [0.05, 0.1) is 27.0 Å². The maximum Gasteiger partial charge on any atom is 0.250 e. The van der Waals surface area contributed by atoms with Crippen LogP contribution < -0.4 is 14.2 Å². The van der Waals surface area contributed by atoms with Crippen LogP contribution in [-0.2, 0) is 9.98 Å². The minimum absolute atomic E-state index is 0.0353. The molecule has 0 aliphatic carbocycles. The first-order valence-electron chi connectivity index (χ1n) is 10.3. The molecule has 6 nitrogen and oxygen atoms in total. The summed E-state index contributed by atoms with van der Waals surface area (Å²) >= 11 is 0. The van der Waals surface area contributed by atoms with E-state index in [0.29, 0.717) is 11.3 Å². The molecule has 2 unspecified atom stereocenters. The molecule has 7 heteroatoms. The lowest BCUT2D eigenvalue weighted by Gasteiger charge is -2.23. The first-order valence-corrected chi connectivity index (χ1v) is 11.7. The van der Waals surface area contributed by atoms with Crippen molar-refractivity contribution in [1.29, 1.82) is 0 Å². The largest absolute Gasteiger partial charge is 0.496 e. The highest BCUT2D eigenvalue weighted by Gasteiger charge is 2.34. The lowest BCUT2D eigenvalue weighted by atomic mass is 9.83. The van der Waals surface area contributed by atoms with Gasteiger partial charge in [0.15, 0.2) is 13.6 Å². The van der Waals surface area contributed by atoms with Crippen molar-refractivity contribution in [1.82, 2.24) is 0 Å². The van der Waals surface area contributed by atoms with Gasteiger partial charge in [-0.25, -0.2) is 0 Å². The summed E-state index contributed by atoms with van der Waals surface area (Å²) in [6, 6.07) is 7.00. The van der Waals surface area contributed by atoms with E-state index in [2.05, 4.69) is 20.8 Å². The van der Waals surface area contributed by atoms with Gasteiger partial charge in [0.2, 0.25) is 5.52 Å². The molecule has 0 fully saturated rings. The average Bonchev–Trinajstić information content (AvgIpc) is 2.75. The lowest BCUT2D eigenvalue weighted by molar-refractivity contribution is 0.0980. The number of rotatable bonds is 8. The first-order chi connectivity index (χ1) is 14.9. The number of hydrogen-bond acceptors (Lipinski definition) is 6. The summed E-state index contributed by atoms with van der Waals surface area (Å²) in [6.07, 6.45) is 0. The maximum absolute atomic E-state index is 13.3. The Morgan fingerprint density at radius 1 is 0.844 bits per heavy atom. The SMILES string of the molecule is COc1cc(OC)c(C(=O)[P](=O)C(C)C(=O)c2c(C)cc(C(C)(C)C)cc2C)c(OC)c1. The van der Waals surface area contributed by atoms with Crippen LogP contribution in [-0.4, -0.2) is 38.3 Å². The Kier molecular flexibility index (Phi) is 7.84. The molecule has 0 aliphatic heterocycles. The quantitative estimate of drug-likeness (QED) is 0.363. The van der Waals surface area contributed by atoms with Gasteiger partial charge >= 0.3 is 0 Å². The Bertz CT molecular complexity index is 1020. The molecule has 2 atom stereocenters. The Morgan fingerprint density at radius 3 is 1.69 bits per heavy atom. The molecule has 2 aromatic carbocycles. The molecule has 0 saturated carbocycles. The Balaban J connectivity index is 2.46. The molecule has 0 bridgehead atoms. The summed E-state index contributed by atoms with van der Waals surface area (Å²) in [7, 11) is 1.68. The van der Waals surface area contributed by atoms with Crippen LogP contribution in [0.1, 0.15) is 65.1 Å². The van der Waals surface area contributed by atoms with E-state index in [1.54, 1.807) is 0 Å². The summed E-state index contributed by atoms with van der Waals surface area (Å²) in [5.74, 6) is 0.466. The second kappa shape index (κ2) is 9.83. The van der Waals surface area contributed by atoms with Gasteiger partial charge in [0.1, 0.15) is 22.8 Å². The zero-order chi connectivity index (χ0) is 24.4. The van der Waals surface area contributed by atoms with E-state index in [-0.39, 0.29) is 28.3 Å². The zero-order valence-corrected chi connectivity index (χ0v) is 21.2. The molecule has 1 radical (unpaired) electrons. The van der Waals surface area contributed by atoms with E-state index in [9.17, 15) is 14.2 Å². The van der Waals surface area contributed by atoms with Crippen LogP contribution in [0.5, 0.6) is 17.2 Å². The van der Waals surface area contributed by atoms with E-state index in [1.165, 1.54) is 40.4 Å². The second-order valence-corrected chi connectivity index (χ2v) is 10.6. The van der Waals surface area contributed by atoms with Crippen molar-refractivity contribution in [3.05, 3.63) is 52.1 Å². The molecule has 0 aliphatic rings. The van der Waals surface area contributed by atoms with Crippen molar-refractivity contribution in [2.75, 3.05) is 21.3 Å². The zero-order valence-electron chi connectivity index (χ0n) is 20.3. The molecule has 173 valence electrons. The number of benzene rings is 2. The third-order valence-electron chi connectivity index (χ3n) is 5.51. The molecule has 2 aromatic rings. The molecule has 0 N–H and O–H groups in total. The molecule has 0 heterocycles. The van der Waals surface area contributed by atoms with E-state index >= 15 is 0 Å². The fourth-order valence-electron chi connectivity index (χ4n) is 3.60. The highest BCUT2D eigenvalue weighted by Crippen LogP contribution is 2.43. The van der Waals surface area contributed by atoms with Crippen LogP contribution in [0.15, 0.2) is 24.3 Å². The molecule has 0 amide bonds. The van der Waals surface area contributed by atoms with Gasteiger partial charge < -0.3 is 14.2 Å². The average molecular weight is 459 g/mol. The number of ether oxygens (including phenoxy) is 3. The van der Waals surface area contributed by atoms with Gasteiger partial charge in [-0.15, -0.1) is 0 Å². The van der Waals surface area contributed by atoms with E-state index < -0.39 is 19.0 Å². The number of ketones is 1. The standard InChI is InChI=1S/C25H32O6P/c1-14-10-17(25(4,5)6)11-15(2)21(14)23(26)16(3)32(28)24(27)22-19(30-8)12-18(29-7)13-20(22)31-9/h10-13,16H,1-9H3. The predicted molar refractivity (Wildman–Crippen MR) is 126 cm³/mol. The third kappa shape index (κ3) is 5.02. The van der Waals surface area contributed by atoms with Gasteiger partial charge in [0.25, 0.3) is 0 Å². The Labute approximate surface area is 191 Å². The van der Waals surface area contributed by atoms with Crippen LogP contribution in [0, 0.1) is 13.8 Å². The fraction of sp³-hybridized carbons (Fsp3) is 0.440. The summed E-state index contributed by atoms with van der Waals surface area (Å²) in [5.41, 5.74) is 1.51. The molecule has 2 rings (SSSR count). The topological polar surface area (TPSA) is 78.9 Å². The first kappa shape index (κ1) is 25.5. The van der Waals surface area contributed by atoms with Crippen LogP contribution in [0.3, 0.4) is 0 Å². The van der Waals surface area contributed by atoms with Gasteiger partial charge in [-0.1, -0.05) is 32.9 Å². The Hall–Kier alpha value is -2.72. The van der Waals surface area contributed by atoms with E-state index in [1.807, 2.05) is 26.0 Å². The normalized spacial score (nSPS) is 12.7. The summed E-state index contributed by atoms with van der Waals surface area (Å²) in [4.78, 5) is 26.5. The van der Waals surface area contributed by atoms with E-state index in [0.717, 1.165) is 16.7 Å². The Morgan fingerprint density at radius 2 is 1.31 bits per heavy atom. The molecule has 32 heavy (non-hydrogen) atoms. The van der Waals surface area contributed by atoms with Gasteiger partial charge in [0, 0.05) is 17.7 Å². The van der Waals surface area contributed by atoms with Crippen molar-refractivity contribution < 1.29 is 28.4 Å². The molecule has 0 saturated heterocycles. The van der Waals surface area contributed by atoms with Crippen LogP contribution in [0.4, 0.5) is 0 Å². The number of hydrogen-bond donors (Lipinski definition) is 0. The van der Waals surface area contributed by atoms with Crippen molar-refractivity contribution in [3.8, 4) is 17.2 Å². The van der Waals surface area contributed by atoms with Crippen molar-refractivity contribution in [2.45, 2.75) is 52.6 Å². The minimum atomic E-state index is -2.59. The third-order valence-corrected chi connectivity index (χ3v) is 7.07. The van der Waals surface area contributed by atoms with Crippen LogP contribution in [0.25, 0.3) is 0 Å². The fourth-order valence-corrected chi connectivity index (χ4v) is 4.74. The molecule has 0 spiro atoms.